The Morgan fingerprint density at radius 1 is 0.692 bits per heavy atom. The van der Waals surface area contributed by atoms with Gasteiger partial charge in [0.05, 0.1) is 20.3 Å². The largest absolute Gasteiger partial charge is 2.00 e. The Morgan fingerprint density at radius 2 is 0.981 bits per heavy atom. The smallest absolute Gasteiger partial charge is 1.00 e. The van der Waals surface area contributed by atoms with Gasteiger partial charge < -0.3 is 38.0 Å². The molecule has 0 aliphatic heterocycles. The fourth-order valence-corrected chi connectivity index (χ4v) is 5.68. The van der Waals surface area contributed by atoms with E-state index in [1.54, 1.807) is 42.2 Å². The first-order valence-electron chi connectivity index (χ1n) is 17.4. The third-order valence-corrected chi connectivity index (χ3v) is 7.85. The van der Waals surface area contributed by atoms with E-state index in [0.29, 0.717) is 0 Å². The van der Waals surface area contributed by atoms with Crippen LogP contribution in [0.2, 0.25) is 0 Å². The number of rotatable bonds is 8. The molecule has 2 atom stereocenters. The summed E-state index contributed by atoms with van der Waals surface area (Å²) in [4.78, 5) is 61.2. The fraction of sp³-hybridized carbons (Fsp3) is 0.861. The minimum atomic E-state index is -0.585. The third-order valence-electron chi connectivity index (χ3n) is 7.85. The van der Waals surface area contributed by atoms with Crippen LogP contribution in [0.5, 0.6) is 0 Å². The van der Waals surface area contributed by atoms with Gasteiger partial charge in [-0.2, -0.15) is 40.8 Å². The molecule has 2 aliphatic rings. The van der Waals surface area contributed by atoms with Crippen molar-refractivity contribution in [2.24, 2.45) is 11.8 Å². The van der Waals surface area contributed by atoms with Crippen LogP contribution < -0.4 is 17.9 Å². The molecule has 52 heavy (non-hydrogen) atoms. The van der Waals surface area contributed by atoms with Gasteiger partial charge in [0.15, 0.2) is 5.78 Å². The van der Waals surface area contributed by atoms with E-state index in [1.807, 2.05) is 61.8 Å². The summed E-state index contributed by atoms with van der Waals surface area (Å²) in [5, 5.41) is 1.19. The van der Waals surface area contributed by atoms with Crippen LogP contribution in [0.4, 0.5) is 9.59 Å². The number of hydrogen-bond donors (Lipinski definition) is 1. The van der Waals surface area contributed by atoms with Gasteiger partial charge in [0.2, 0.25) is 0 Å². The molecule has 16 heteroatoms. The molecule has 0 unspecified atom stereocenters. The van der Waals surface area contributed by atoms with Gasteiger partial charge in [-0.15, -0.1) is 0 Å². The zero-order valence-electron chi connectivity index (χ0n) is 35.2. The first-order chi connectivity index (χ1) is 22.2. The summed E-state index contributed by atoms with van der Waals surface area (Å²) in [7, 11) is 9.61. The van der Waals surface area contributed by atoms with Crippen LogP contribution in [0.3, 0.4) is 0 Å². The summed E-state index contributed by atoms with van der Waals surface area (Å²) >= 11 is 0. The number of nitrogens with one attached hydrogen (secondary N) is 1. The van der Waals surface area contributed by atoms with Crippen molar-refractivity contribution in [2.45, 2.75) is 150 Å². The van der Waals surface area contributed by atoms with Crippen LogP contribution in [0.1, 0.15) is 127 Å². The van der Waals surface area contributed by atoms with Gasteiger partial charge in [-0.1, -0.05) is 38.5 Å². The van der Waals surface area contributed by atoms with Gasteiger partial charge in [0.25, 0.3) is 5.91 Å². The Hall–Kier alpha value is -0.684. The van der Waals surface area contributed by atoms with E-state index < -0.39 is 29.4 Å². The number of carbonyl (C=O) groups is 4. The molecule has 0 aromatic carbocycles. The van der Waals surface area contributed by atoms with Gasteiger partial charge in [0, 0.05) is 28.2 Å². The van der Waals surface area contributed by atoms with Crippen molar-refractivity contribution in [1.29, 1.82) is 0 Å². The van der Waals surface area contributed by atoms with Crippen LogP contribution >= 0.6 is 27.0 Å². The van der Waals surface area contributed by atoms with E-state index in [1.165, 1.54) is 34.8 Å². The first-order valence-corrected chi connectivity index (χ1v) is 17.4. The van der Waals surface area contributed by atoms with Crippen molar-refractivity contribution in [3.63, 3.8) is 0 Å². The minimum absolute atomic E-state index is 0. The zero-order valence-corrected chi connectivity index (χ0v) is 39.3. The molecule has 0 heterocycles. The van der Waals surface area contributed by atoms with Crippen molar-refractivity contribution in [1.82, 2.24) is 20.3 Å². The van der Waals surface area contributed by atoms with Crippen LogP contribution in [0.25, 0.3) is 0 Å². The Kier molecular flexibility index (Phi) is 40.9. The quantitative estimate of drug-likeness (QED) is 0.220. The summed E-state index contributed by atoms with van der Waals surface area (Å²) in [6, 6.07) is -0.879. The van der Waals surface area contributed by atoms with Crippen molar-refractivity contribution in [3.8, 4) is 0 Å². The van der Waals surface area contributed by atoms with Gasteiger partial charge in [-0.3, -0.25) is 19.3 Å². The average molecular weight is 816 g/mol. The molecular weight excluding hydrogens is 740 g/mol. The van der Waals surface area contributed by atoms with Gasteiger partial charge in [-0.25, -0.2) is 20.1 Å². The van der Waals surface area contributed by atoms with Gasteiger partial charge in [0.1, 0.15) is 17.2 Å². The SMILES string of the molecule is CC(=O)[C@H](C1CCCCC1)N(C)C(=O)OC(C)(C)C.CNOC.CON(C)C(=O)[C@H](C1CCCCC1)N(C)C(=O)OC(C)(C)C.C[CH-]C.S.S.[Cl-].[Mg+2]. The minimum Gasteiger partial charge on any atom is -1.00 e. The van der Waals surface area contributed by atoms with E-state index in [-0.39, 0.29) is 92.0 Å². The van der Waals surface area contributed by atoms with Crippen molar-refractivity contribution in [3.05, 3.63) is 6.42 Å². The maximum absolute atomic E-state index is 12.6. The fourth-order valence-electron chi connectivity index (χ4n) is 5.68. The number of hydroxylamine groups is 3. The van der Waals surface area contributed by atoms with E-state index in [9.17, 15) is 19.2 Å². The van der Waals surface area contributed by atoms with Crippen LogP contribution in [-0.2, 0) is 28.7 Å². The molecular formula is C36H75ClMgN4O8S2. The first kappa shape index (κ1) is 63.3. The van der Waals surface area contributed by atoms with Crippen molar-refractivity contribution in [2.75, 3.05) is 42.4 Å². The molecule has 2 saturated carbocycles. The van der Waals surface area contributed by atoms with Crippen molar-refractivity contribution >= 4 is 73.9 Å². The molecule has 1 N–H and O–H groups in total. The summed E-state index contributed by atoms with van der Waals surface area (Å²) in [6.07, 6.45) is 12.0. The Balaban J connectivity index is -0.000000162. The van der Waals surface area contributed by atoms with Gasteiger partial charge >= 0.3 is 35.2 Å². The monoisotopic (exact) mass is 814 g/mol. The Labute approximate surface area is 353 Å². The zero-order chi connectivity index (χ0) is 37.7. The molecule has 2 fully saturated rings. The normalized spacial score (nSPS) is 15.3. The second kappa shape index (κ2) is 33.6. The molecule has 0 aromatic heterocycles. The molecule has 12 nitrogen and oxygen atoms in total. The number of likely N-dealkylation sites (N-methyl/N-ethyl adjacent to an activating group) is 3. The molecule has 3 amide bonds. The standard InChI is InChI=1S/C16H30N2O4.C15H27NO3.C3H7.C2H7NO.ClH.Mg.2H2S/c1-16(2,3)22-15(20)17(4)13(14(19)18(5)21-6)12-10-8-7-9-11-12;1-11(17)13(12-9-7-6-8-10-12)16(5)14(18)19-15(2,3)4;1-3-2;1-3-4-2;;;;/h12-13H,7-11H2,1-6H3;12-13H,6-10H2,1-5H3;3H,1-2H3;3H,1-2H3;1H;;2*1H2/q;;-1;;;+2;;/p-1/t2*13-;;;;;;/m01....../s1. The summed E-state index contributed by atoms with van der Waals surface area (Å²) in [5.41, 5.74) is 1.32. The Bertz CT molecular complexity index is 931. The number of Topliss-reactive ketones (excluding diaryl/α,β-unsaturated/α-hetero) is 1. The van der Waals surface area contributed by atoms with E-state index in [0.717, 1.165) is 51.4 Å². The topological polar surface area (TPSA) is 127 Å². The third kappa shape index (κ3) is 27.8. The van der Waals surface area contributed by atoms with E-state index >= 15 is 0 Å². The molecule has 0 saturated heterocycles. The van der Waals surface area contributed by atoms with Crippen molar-refractivity contribution < 1.29 is 50.7 Å². The summed E-state index contributed by atoms with van der Waals surface area (Å²) in [5.74, 6) is 0.281. The molecule has 0 aromatic rings. The van der Waals surface area contributed by atoms with Gasteiger partial charge in [-0.05, 0) is 86.0 Å². The number of ether oxygens (including phenoxy) is 2. The van der Waals surface area contributed by atoms with Crippen LogP contribution in [0, 0.1) is 18.3 Å². The number of amides is 3. The number of nitrogens with zero attached hydrogens (tertiary/aromatic N) is 3. The second-order valence-corrected chi connectivity index (χ2v) is 14.5. The summed E-state index contributed by atoms with van der Waals surface area (Å²) in [6.45, 7) is 16.5. The second-order valence-electron chi connectivity index (χ2n) is 14.5. The van der Waals surface area contributed by atoms with Crippen LogP contribution in [0.15, 0.2) is 0 Å². The average Bonchev–Trinajstić information content (AvgIpc) is 3.00. The molecule has 2 aliphatic carbocycles. The molecule has 0 bridgehead atoms. The molecule has 0 spiro atoms. The van der Waals surface area contributed by atoms with E-state index in [4.69, 9.17) is 14.3 Å². The molecule has 2 rings (SSSR count). The number of ketones is 1. The number of carbonyl (C=O) groups excluding carboxylic acids is 4. The maximum atomic E-state index is 12.6. The number of halogens is 1. The molecule has 308 valence electrons. The number of hydrogen-bond acceptors (Lipinski definition) is 9. The predicted molar refractivity (Wildman–Crippen MR) is 217 cm³/mol. The maximum Gasteiger partial charge on any atom is 2.00 e. The summed E-state index contributed by atoms with van der Waals surface area (Å²) < 4.78 is 10.8. The molecule has 0 radical (unpaired) electrons. The van der Waals surface area contributed by atoms with Crippen LogP contribution in [-0.4, -0.2) is 127 Å². The Morgan fingerprint density at radius 3 is 1.23 bits per heavy atom. The van der Waals surface area contributed by atoms with E-state index in [2.05, 4.69) is 10.3 Å². The predicted octanol–water partition coefficient (Wildman–Crippen LogP) is 4.06.